The van der Waals surface area contributed by atoms with Crippen molar-refractivity contribution in [1.29, 1.82) is 0 Å². The van der Waals surface area contributed by atoms with Crippen molar-refractivity contribution >= 4 is 25.6 Å². The molecule has 0 aliphatic heterocycles. The van der Waals surface area contributed by atoms with E-state index in [1.54, 1.807) is 0 Å². The first-order valence-corrected chi connectivity index (χ1v) is 9.26. The number of esters is 1. The summed E-state index contributed by atoms with van der Waals surface area (Å²) in [5.41, 5.74) is 0. The van der Waals surface area contributed by atoms with Crippen LogP contribution in [0.3, 0.4) is 0 Å². The van der Waals surface area contributed by atoms with Crippen LogP contribution in [0, 0.1) is 5.92 Å². The first kappa shape index (κ1) is 17.4. The second kappa shape index (κ2) is 7.08. The van der Waals surface area contributed by atoms with Crippen LogP contribution < -0.4 is 0 Å². The SMILES string of the molecule is CCS(=O)(=O)CCCS(=O)(=O)CC(C)C(=O)OC. The van der Waals surface area contributed by atoms with E-state index in [0.717, 1.165) is 0 Å². The van der Waals surface area contributed by atoms with E-state index in [-0.39, 0.29) is 29.4 Å². The van der Waals surface area contributed by atoms with Gasteiger partial charge < -0.3 is 4.74 Å². The zero-order valence-corrected chi connectivity index (χ0v) is 12.5. The van der Waals surface area contributed by atoms with Crippen LogP contribution in [0.1, 0.15) is 20.3 Å². The van der Waals surface area contributed by atoms with E-state index in [4.69, 9.17) is 0 Å². The van der Waals surface area contributed by atoms with E-state index in [9.17, 15) is 21.6 Å². The Kier molecular flexibility index (Phi) is 6.83. The highest BCUT2D eigenvalue weighted by Crippen LogP contribution is 2.06. The Bertz CT molecular complexity index is 463. The molecule has 8 heteroatoms. The highest BCUT2D eigenvalue weighted by atomic mass is 32.2. The lowest BCUT2D eigenvalue weighted by atomic mass is 10.2. The van der Waals surface area contributed by atoms with Crippen LogP contribution in [-0.2, 0) is 29.2 Å². The molecule has 0 N–H and O–H groups in total. The summed E-state index contributed by atoms with van der Waals surface area (Å²) in [6, 6.07) is 0. The van der Waals surface area contributed by atoms with Gasteiger partial charge in [-0.2, -0.15) is 0 Å². The van der Waals surface area contributed by atoms with Gasteiger partial charge in [0, 0.05) is 5.75 Å². The number of carbonyl (C=O) groups excluding carboxylic acids is 1. The van der Waals surface area contributed by atoms with Crippen molar-refractivity contribution in [2.45, 2.75) is 20.3 Å². The molecule has 0 aliphatic rings. The quantitative estimate of drug-likeness (QED) is 0.587. The predicted octanol–water partition coefficient (Wildman–Crippen LogP) is 0.0351. The lowest BCUT2D eigenvalue weighted by Crippen LogP contribution is -2.25. The van der Waals surface area contributed by atoms with Gasteiger partial charge >= 0.3 is 5.97 Å². The molecule has 0 amide bonds. The van der Waals surface area contributed by atoms with Crippen LogP contribution in [0.4, 0.5) is 0 Å². The Balaban J connectivity index is 4.30. The molecule has 0 fully saturated rings. The highest BCUT2D eigenvalue weighted by molar-refractivity contribution is 7.92. The van der Waals surface area contributed by atoms with E-state index in [1.165, 1.54) is 21.0 Å². The number of hydrogen-bond acceptors (Lipinski definition) is 6. The molecule has 0 radical (unpaired) electrons. The smallest absolute Gasteiger partial charge is 0.309 e. The van der Waals surface area contributed by atoms with E-state index in [1.807, 2.05) is 0 Å². The third-order valence-corrected chi connectivity index (χ3v) is 6.17. The van der Waals surface area contributed by atoms with Gasteiger partial charge in [-0.3, -0.25) is 4.79 Å². The Hall–Kier alpha value is -0.630. The van der Waals surface area contributed by atoms with Gasteiger partial charge in [-0.15, -0.1) is 0 Å². The number of methoxy groups -OCH3 is 1. The maximum Gasteiger partial charge on any atom is 0.309 e. The Morgan fingerprint density at radius 3 is 2.06 bits per heavy atom. The monoisotopic (exact) mass is 300 g/mol. The summed E-state index contributed by atoms with van der Waals surface area (Å²) in [6.07, 6.45) is 0.0619. The van der Waals surface area contributed by atoms with Crippen molar-refractivity contribution in [2.75, 3.05) is 30.1 Å². The maximum absolute atomic E-state index is 11.6. The largest absolute Gasteiger partial charge is 0.469 e. The summed E-state index contributed by atoms with van der Waals surface area (Å²) in [6.45, 7) is 2.98. The van der Waals surface area contributed by atoms with Gasteiger partial charge in [0.25, 0.3) is 0 Å². The van der Waals surface area contributed by atoms with E-state index in [2.05, 4.69) is 4.74 Å². The first-order valence-electron chi connectivity index (χ1n) is 5.62. The van der Waals surface area contributed by atoms with Crippen LogP contribution in [0.25, 0.3) is 0 Å². The molecule has 6 nitrogen and oxygen atoms in total. The molecule has 0 saturated carbocycles. The van der Waals surface area contributed by atoms with Crippen molar-refractivity contribution in [2.24, 2.45) is 5.92 Å². The summed E-state index contributed by atoms with van der Waals surface area (Å²) >= 11 is 0. The summed E-state index contributed by atoms with van der Waals surface area (Å²) in [5.74, 6) is -2.00. The van der Waals surface area contributed by atoms with Crippen molar-refractivity contribution in [3.05, 3.63) is 0 Å². The number of rotatable bonds is 8. The van der Waals surface area contributed by atoms with Crippen molar-refractivity contribution in [1.82, 2.24) is 0 Å². The molecule has 0 heterocycles. The summed E-state index contributed by atoms with van der Waals surface area (Å²) in [7, 11) is -5.39. The molecule has 0 aliphatic carbocycles. The number of hydrogen-bond donors (Lipinski definition) is 0. The molecule has 0 bridgehead atoms. The van der Waals surface area contributed by atoms with Crippen LogP contribution in [0.2, 0.25) is 0 Å². The van der Waals surface area contributed by atoms with E-state index < -0.39 is 31.6 Å². The molecule has 0 aromatic carbocycles. The fraction of sp³-hybridized carbons (Fsp3) is 0.900. The lowest BCUT2D eigenvalue weighted by molar-refractivity contribution is -0.144. The fourth-order valence-corrected chi connectivity index (χ4v) is 4.08. The molecule has 0 spiro atoms. The van der Waals surface area contributed by atoms with Gasteiger partial charge in [-0.25, -0.2) is 16.8 Å². The van der Waals surface area contributed by atoms with E-state index in [0.29, 0.717) is 0 Å². The van der Waals surface area contributed by atoms with Gasteiger partial charge in [0.15, 0.2) is 9.84 Å². The number of carbonyl (C=O) groups is 1. The summed E-state index contributed by atoms with van der Waals surface area (Å²) in [4.78, 5) is 11.1. The minimum atomic E-state index is -3.43. The van der Waals surface area contributed by atoms with Gasteiger partial charge in [0.1, 0.15) is 9.84 Å². The summed E-state index contributed by atoms with van der Waals surface area (Å²) in [5, 5.41) is 0. The van der Waals surface area contributed by atoms with Crippen LogP contribution in [0.15, 0.2) is 0 Å². The average molecular weight is 300 g/mol. The fourth-order valence-electron chi connectivity index (χ4n) is 1.38. The third kappa shape index (κ3) is 6.95. The molecular formula is C10H20O6S2. The predicted molar refractivity (Wildman–Crippen MR) is 68.8 cm³/mol. The number of sulfone groups is 2. The maximum atomic E-state index is 11.6. The van der Waals surface area contributed by atoms with Gasteiger partial charge in [0.2, 0.25) is 0 Å². The van der Waals surface area contributed by atoms with E-state index >= 15 is 0 Å². The molecule has 108 valence electrons. The lowest BCUT2D eigenvalue weighted by Gasteiger charge is -2.09. The average Bonchev–Trinajstić information content (AvgIpc) is 2.26. The topological polar surface area (TPSA) is 94.6 Å². The van der Waals surface area contributed by atoms with Crippen molar-refractivity contribution in [3.63, 3.8) is 0 Å². The Labute approximate surface area is 109 Å². The molecule has 0 rings (SSSR count). The second-order valence-corrected chi connectivity index (χ2v) is 8.83. The van der Waals surface area contributed by atoms with Crippen LogP contribution in [-0.4, -0.2) is 52.9 Å². The molecule has 18 heavy (non-hydrogen) atoms. The van der Waals surface area contributed by atoms with Gasteiger partial charge in [-0.05, 0) is 6.42 Å². The van der Waals surface area contributed by atoms with Crippen LogP contribution in [0.5, 0.6) is 0 Å². The Morgan fingerprint density at radius 2 is 1.61 bits per heavy atom. The van der Waals surface area contributed by atoms with Crippen molar-refractivity contribution in [3.8, 4) is 0 Å². The Morgan fingerprint density at radius 1 is 1.11 bits per heavy atom. The highest BCUT2D eigenvalue weighted by Gasteiger charge is 2.22. The third-order valence-electron chi connectivity index (χ3n) is 2.46. The minimum absolute atomic E-state index is 0.00557. The molecule has 0 aromatic heterocycles. The molecule has 1 atom stereocenters. The second-order valence-electron chi connectivity index (χ2n) is 4.13. The first-order chi connectivity index (χ1) is 8.13. The zero-order chi connectivity index (χ0) is 14.4. The molecule has 0 aromatic rings. The van der Waals surface area contributed by atoms with Gasteiger partial charge in [0.05, 0.1) is 30.3 Å². The molecular weight excluding hydrogens is 280 g/mol. The van der Waals surface area contributed by atoms with Crippen molar-refractivity contribution < 1.29 is 26.4 Å². The van der Waals surface area contributed by atoms with Crippen LogP contribution >= 0.6 is 0 Å². The molecule has 0 saturated heterocycles. The van der Waals surface area contributed by atoms with Gasteiger partial charge in [-0.1, -0.05) is 13.8 Å². The normalized spacial score (nSPS) is 14.2. The zero-order valence-electron chi connectivity index (χ0n) is 10.9. The minimum Gasteiger partial charge on any atom is -0.469 e. The standard InChI is InChI=1S/C10H20O6S2/c1-4-17(12,13)6-5-7-18(14,15)8-9(2)10(11)16-3/h9H,4-8H2,1-3H3. The molecule has 1 unspecified atom stereocenters. The number of ether oxygens (including phenoxy) is 1. The summed E-state index contributed by atoms with van der Waals surface area (Å²) < 4.78 is 50.1.